The SMILES string of the molecule is O=CC1COc2cccc(Br)c21. The Hall–Kier alpha value is -0.830. The number of benzene rings is 1. The van der Waals surface area contributed by atoms with Crippen molar-refractivity contribution in [2.45, 2.75) is 5.92 Å². The lowest BCUT2D eigenvalue weighted by molar-refractivity contribution is -0.109. The Morgan fingerprint density at radius 2 is 2.42 bits per heavy atom. The fourth-order valence-corrected chi connectivity index (χ4v) is 2.02. The number of carbonyl (C=O) groups excluding carboxylic acids is 1. The maximum Gasteiger partial charge on any atom is 0.131 e. The van der Waals surface area contributed by atoms with Crippen LogP contribution in [0.2, 0.25) is 0 Å². The number of fused-ring (bicyclic) bond motifs is 1. The summed E-state index contributed by atoms with van der Waals surface area (Å²) in [4.78, 5) is 10.6. The number of hydrogen-bond acceptors (Lipinski definition) is 2. The molecule has 0 saturated carbocycles. The lowest BCUT2D eigenvalue weighted by Gasteiger charge is -2.01. The third-order valence-electron chi connectivity index (χ3n) is 1.97. The summed E-state index contributed by atoms with van der Waals surface area (Å²) in [7, 11) is 0. The van der Waals surface area contributed by atoms with Gasteiger partial charge in [0.05, 0.1) is 5.92 Å². The summed E-state index contributed by atoms with van der Waals surface area (Å²) in [5.41, 5.74) is 0.979. The number of aldehydes is 1. The van der Waals surface area contributed by atoms with Gasteiger partial charge in [0, 0.05) is 10.0 Å². The molecule has 1 aliphatic heterocycles. The van der Waals surface area contributed by atoms with Crippen LogP contribution < -0.4 is 4.74 Å². The van der Waals surface area contributed by atoms with Gasteiger partial charge in [-0.15, -0.1) is 0 Å². The third kappa shape index (κ3) is 1.05. The van der Waals surface area contributed by atoms with Gasteiger partial charge in [-0.25, -0.2) is 0 Å². The van der Waals surface area contributed by atoms with Crippen molar-refractivity contribution in [3.05, 3.63) is 28.2 Å². The predicted molar refractivity (Wildman–Crippen MR) is 48.4 cm³/mol. The molecule has 0 amide bonds. The van der Waals surface area contributed by atoms with E-state index in [1.165, 1.54) is 0 Å². The van der Waals surface area contributed by atoms with Crippen LogP contribution in [-0.2, 0) is 4.79 Å². The van der Waals surface area contributed by atoms with E-state index in [2.05, 4.69) is 15.9 Å². The molecule has 0 fully saturated rings. The molecule has 62 valence electrons. The minimum absolute atomic E-state index is 0.101. The second-order valence-corrected chi connectivity index (χ2v) is 3.56. The number of rotatable bonds is 1. The van der Waals surface area contributed by atoms with Gasteiger partial charge in [-0.1, -0.05) is 22.0 Å². The Labute approximate surface area is 78.7 Å². The Morgan fingerprint density at radius 1 is 1.58 bits per heavy atom. The van der Waals surface area contributed by atoms with E-state index in [4.69, 9.17) is 4.74 Å². The highest BCUT2D eigenvalue weighted by Crippen LogP contribution is 2.37. The second-order valence-electron chi connectivity index (χ2n) is 2.71. The van der Waals surface area contributed by atoms with E-state index in [-0.39, 0.29) is 5.92 Å². The Bertz CT molecular complexity index is 322. The molecule has 0 aromatic heterocycles. The maximum absolute atomic E-state index is 10.6. The van der Waals surface area contributed by atoms with Crippen molar-refractivity contribution in [2.24, 2.45) is 0 Å². The number of ether oxygens (including phenoxy) is 1. The molecule has 1 unspecified atom stereocenters. The first-order chi connectivity index (χ1) is 5.83. The topological polar surface area (TPSA) is 26.3 Å². The lowest BCUT2D eigenvalue weighted by Crippen LogP contribution is -2.01. The first-order valence-corrected chi connectivity index (χ1v) is 4.48. The first-order valence-electron chi connectivity index (χ1n) is 3.69. The van der Waals surface area contributed by atoms with Gasteiger partial charge < -0.3 is 9.53 Å². The molecule has 3 heteroatoms. The van der Waals surface area contributed by atoms with Gasteiger partial charge in [0.2, 0.25) is 0 Å². The van der Waals surface area contributed by atoms with Crippen molar-refractivity contribution in [1.82, 2.24) is 0 Å². The normalized spacial score (nSPS) is 19.9. The highest BCUT2D eigenvalue weighted by Gasteiger charge is 2.25. The zero-order valence-corrected chi connectivity index (χ0v) is 7.87. The van der Waals surface area contributed by atoms with Gasteiger partial charge in [-0.2, -0.15) is 0 Å². The summed E-state index contributed by atoms with van der Waals surface area (Å²) < 4.78 is 6.27. The van der Waals surface area contributed by atoms with Crippen LogP contribution in [0, 0.1) is 0 Å². The van der Waals surface area contributed by atoms with Crippen LogP contribution in [0.5, 0.6) is 5.75 Å². The van der Waals surface area contributed by atoms with Gasteiger partial charge in [-0.3, -0.25) is 0 Å². The quantitative estimate of drug-likeness (QED) is 0.687. The van der Waals surface area contributed by atoms with Gasteiger partial charge in [0.1, 0.15) is 18.6 Å². The molecular weight excluding hydrogens is 220 g/mol. The maximum atomic E-state index is 10.6. The monoisotopic (exact) mass is 226 g/mol. The van der Waals surface area contributed by atoms with Crippen molar-refractivity contribution in [3.8, 4) is 5.75 Å². The molecule has 0 radical (unpaired) electrons. The van der Waals surface area contributed by atoms with Crippen LogP contribution in [0.4, 0.5) is 0 Å². The smallest absolute Gasteiger partial charge is 0.131 e. The van der Waals surface area contributed by atoms with E-state index in [0.717, 1.165) is 22.1 Å². The molecule has 1 aromatic rings. The number of halogens is 1. The highest BCUT2D eigenvalue weighted by atomic mass is 79.9. The summed E-state index contributed by atoms with van der Waals surface area (Å²) in [5, 5.41) is 0. The van der Waals surface area contributed by atoms with E-state index in [9.17, 15) is 4.79 Å². The van der Waals surface area contributed by atoms with E-state index in [0.29, 0.717) is 6.61 Å². The molecule has 1 heterocycles. The second kappa shape index (κ2) is 2.90. The van der Waals surface area contributed by atoms with Crippen LogP contribution in [0.3, 0.4) is 0 Å². The van der Waals surface area contributed by atoms with Crippen molar-refractivity contribution >= 4 is 22.2 Å². The molecule has 1 aliphatic rings. The Morgan fingerprint density at radius 3 is 3.17 bits per heavy atom. The van der Waals surface area contributed by atoms with E-state index in [1.54, 1.807) is 0 Å². The molecule has 0 aliphatic carbocycles. The average Bonchev–Trinajstić information content (AvgIpc) is 2.49. The first kappa shape index (κ1) is 7.80. The summed E-state index contributed by atoms with van der Waals surface area (Å²) in [5.74, 6) is 0.719. The number of carbonyl (C=O) groups is 1. The third-order valence-corrected chi connectivity index (χ3v) is 2.66. The summed E-state index contributed by atoms with van der Waals surface area (Å²) in [6.07, 6.45) is 0.927. The van der Waals surface area contributed by atoms with Gasteiger partial charge >= 0.3 is 0 Å². The summed E-state index contributed by atoms with van der Waals surface area (Å²) in [6, 6.07) is 5.70. The molecule has 0 spiro atoms. The average molecular weight is 227 g/mol. The molecule has 0 N–H and O–H groups in total. The van der Waals surface area contributed by atoms with Gasteiger partial charge in [0.15, 0.2) is 0 Å². The van der Waals surface area contributed by atoms with Crippen LogP contribution in [0.15, 0.2) is 22.7 Å². The largest absolute Gasteiger partial charge is 0.492 e. The van der Waals surface area contributed by atoms with Crippen LogP contribution in [0.25, 0.3) is 0 Å². The molecule has 2 nitrogen and oxygen atoms in total. The molecule has 1 aromatic carbocycles. The van der Waals surface area contributed by atoms with Crippen molar-refractivity contribution < 1.29 is 9.53 Å². The summed E-state index contributed by atoms with van der Waals surface area (Å²) >= 11 is 3.39. The van der Waals surface area contributed by atoms with E-state index >= 15 is 0 Å². The Balaban J connectivity index is 2.55. The minimum atomic E-state index is -0.101. The zero-order valence-electron chi connectivity index (χ0n) is 6.29. The zero-order chi connectivity index (χ0) is 8.55. The molecular formula is C9H7BrO2. The molecule has 1 atom stereocenters. The Kier molecular flexibility index (Phi) is 1.89. The van der Waals surface area contributed by atoms with Crippen LogP contribution >= 0.6 is 15.9 Å². The van der Waals surface area contributed by atoms with E-state index in [1.807, 2.05) is 18.2 Å². The number of hydrogen-bond donors (Lipinski definition) is 0. The van der Waals surface area contributed by atoms with Crippen molar-refractivity contribution in [1.29, 1.82) is 0 Å². The van der Waals surface area contributed by atoms with Crippen LogP contribution in [0.1, 0.15) is 11.5 Å². The van der Waals surface area contributed by atoms with Gasteiger partial charge in [-0.05, 0) is 12.1 Å². The van der Waals surface area contributed by atoms with Crippen molar-refractivity contribution in [2.75, 3.05) is 6.61 Å². The predicted octanol–water partition coefficient (Wildman–Crippen LogP) is 2.12. The van der Waals surface area contributed by atoms with Crippen LogP contribution in [-0.4, -0.2) is 12.9 Å². The standard InChI is InChI=1S/C9H7BrO2/c10-7-2-1-3-8-9(7)6(4-11)5-12-8/h1-4,6H,5H2. The molecule has 0 saturated heterocycles. The fourth-order valence-electron chi connectivity index (χ4n) is 1.37. The van der Waals surface area contributed by atoms with Crippen molar-refractivity contribution in [3.63, 3.8) is 0 Å². The van der Waals surface area contributed by atoms with E-state index < -0.39 is 0 Å². The molecule has 12 heavy (non-hydrogen) atoms. The molecule has 0 bridgehead atoms. The highest BCUT2D eigenvalue weighted by molar-refractivity contribution is 9.10. The minimum Gasteiger partial charge on any atom is -0.492 e. The fraction of sp³-hybridized carbons (Fsp3) is 0.222. The van der Waals surface area contributed by atoms with Gasteiger partial charge in [0.25, 0.3) is 0 Å². The lowest BCUT2D eigenvalue weighted by atomic mass is 10.0. The molecule has 2 rings (SSSR count). The summed E-state index contributed by atoms with van der Waals surface area (Å²) in [6.45, 7) is 0.474.